The molecule has 0 aliphatic carbocycles. The number of hydrogen-bond donors (Lipinski definition) is 1. The van der Waals surface area contributed by atoms with E-state index in [0.717, 1.165) is 12.0 Å². The van der Waals surface area contributed by atoms with Gasteiger partial charge >= 0.3 is 0 Å². The van der Waals surface area contributed by atoms with Gasteiger partial charge in [0, 0.05) is 16.3 Å². The van der Waals surface area contributed by atoms with E-state index < -0.39 is 0 Å². The second-order valence-corrected chi connectivity index (χ2v) is 4.88. The average molecular weight is 274 g/mol. The summed E-state index contributed by atoms with van der Waals surface area (Å²) in [6.07, 6.45) is 0.968. The zero-order chi connectivity index (χ0) is 13.8. The fourth-order valence-electron chi connectivity index (χ4n) is 1.77. The third kappa shape index (κ3) is 3.36. The van der Waals surface area contributed by atoms with Gasteiger partial charge in [0.1, 0.15) is 0 Å². The van der Waals surface area contributed by atoms with Crippen molar-refractivity contribution in [2.24, 2.45) is 0 Å². The highest BCUT2D eigenvalue weighted by Gasteiger charge is 2.06. The van der Waals surface area contributed by atoms with Gasteiger partial charge in [-0.25, -0.2) is 0 Å². The Morgan fingerprint density at radius 1 is 1.16 bits per heavy atom. The first kappa shape index (κ1) is 13.6. The summed E-state index contributed by atoms with van der Waals surface area (Å²) >= 11 is 6.03. The lowest BCUT2D eigenvalue weighted by atomic mass is 10.1. The van der Waals surface area contributed by atoms with Crippen LogP contribution in [-0.4, -0.2) is 5.91 Å². The fraction of sp³-hybridized carbons (Fsp3) is 0.188. The topological polar surface area (TPSA) is 29.1 Å². The summed E-state index contributed by atoms with van der Waals surface area (Å²) in [6, 6.07) is 13.1. The summed E-state index contributed by atoms with van der Waals surface area (Å²) in [5.41, 5.74) is 3.57. The van der Waals surface area contributed by atoms with E-state index >= 15 is 0 Å². The van der Waals surface area contributed by atoms with Gasteiger partial charge in [0.2, 0.25) is 0 Å². The minimum absolute atomic E-state index is 0.123. The first-order valence-corrected chi connectivity index (χ1v) is 6.64. The summed E-state index contributed by atoms with van der Waals surface area (Å²) in [5, 5.41) is 3.49. The number of anilines is 1. The molecule has 0 spiro atoms. The molecule has 2 aromatic rings. The Morgan fingerprint density at radius 2 is 1.84 bits per heavy atom. The summed E-state index contributed by atoms with van der Waals surface area (Å²) < 4.78 is 0. The Labute approximate surface area is 118 Å². The van der Waals surface area contributed by atoms with Crippen molar-refractivity contribution in [3.8, 4) is 0 Å². The summed E-state index contributed by atoms with van der Waals surface area (Å²) in [4.78, 5) is 12.1. The maximum Gasteiger partial charge on any atom is 0.255 e. The monoisotopic (exact) mass is 273 g/mol. The molecular weight excluding hydrogens is 258 g/mol. The Hall–Kier alpha value is -1.80. The van der Waals surface area contributed by atoms with Crippen molar-refractivity contribution >= 4 is 23.2 Å². The predicted molar refractivity (Wildman–Crippen MR) is 80.0 cm³/mol. The van der Waals surface area contributed by atoms with E-state index in [1.54, 1.807) is 6.07 Å². The van der Waals surface area contributed by atoms with Crippen molar-refractivity contribution in [3.63, 3.8) is 0 Å². The molecule has 0 saturated carbocycles. The molecule has 19 heavy (non-hydrogen) atoms. The van der Waals surface area contributed by atoms with Gasteiger partial charge in [0.15, 0.2) is 0 Å². The van der Waals surface area contributed by atoms with Crippen molar-refractivity contribution in [1.29, 1.82) is 0 Å². The van der Waals surface area contributed by atoms with E-state index in [1.807, 2.05) is 43.3 Å². The summed E-state index contributed by atoms with van der Waals surface area (Å²) in [5.74, 6) is -0.123. The number of aryl methyl sites for hydroxylation is 2. The highest BCUT2D eigenvalue weighted by atomic mass is 35.5. The van der Waals surface area contributed by atoms with Gasteiger partial charge in [0.05, 0.1) is 0 Å². The molecule has 0 aliphatic rings. The minimum Gasteiger partial charge on any atom is -0.322 e. The van der Waals surface area contributed by atoms with Crippen molar-refractivity contribution in [2.75, 3.05) is 5.32 Å². The predicted octanol–water partition coefficient (Wildman–Crippen LogP) is 4.46. The van der Waals surface area contributed by atoms with Crippen LogP contribution in [0.15, 0.2) is 42.5 Å². The minimum atomic E-state index is -0.123. The van der Waals surface area contributed by atoms with Crippen LogP contribution in [0.4, 0.5) is 5.69 Å². The molecule has 2 rings (SSSR count). The lowest BCUT2D eigenvalue weighted by molar-refractivity contribution is 0.102. The molecule has 0 aromatic heterocycles. The smallest absolute Gasteiger partial charge is 0.255 e. The van der Waals surface area contributed by atoms with Crippen LogP contribution in [-0.2, 0) is 6.42 Å². The summed E-state index contributed by atoms with van der Waals surface area (Å²) in [7, 11) is 0. The lowest BCUT2D eigenvalue weighted by Gasteiger charge is -2.07. The Morgan fingerprint density at radius 3 is 2.42 bits per heavy atom. The van der Waals surface area contributed by atoms with Gasteiger partial charge in [-0.2, -0.15) is 0 Å². The van der Waals surface area contributed by atoms with Gasteiger partial charge in [-0.05, 0) is 48.7 Å². The fourth-order valence-corrected chi connectivity index (χ4v) is 1.95. The normalized spacial score (nSPS) is 10.3. The number of hydrogen-bond acceptors (Lipinski definition) is 1. The lowest BCUT2D eigenvalue weighted by Crippen LogP contribution is -2.11. The molecule has 98 valence electrons. The number of halogens is 1. The molecule has 2 nitrogen and oxygen atoms in total. The second-order valence-electron chi connectivity index (χ2n) is 4.47. The standard InChI is InChI=1S/C16H16ClNO/c1-3-12-5-7-13(8-6-12)16(19)18-14-9-4-11(2)15(17)10-14/h4-10H,3H2,1-2H3,(H,18,19). The molecule has 0 atom stereocenters. The van der Waals surface area contributed by atoms with Crippen molar-refractivity contribution in [1.82, 2.24) is 0 Å². The van der Waals surface area contributed by atoms with Crippen LogP contribution in [0.3, 0.4) is 0 Å². The van der Waals surface area contributed by atoms with Crippen molar-refractivity contribution < 1.29 is 4.79 Å². The van der Waals surface area contributed by atoms with Crippen LogP contribution >= 0.6 is 11.6 Å². The molecule has 1 amide bonds. The maximum atomic E-state index is 12.1. The largest absolute Gasteiger partial charge is 0.322 e. The zero-order valence-corrected chi connectivity index (χ0v) is 11.8. The molecule has 3 heteroatoms. The molecule has 1 N–H and O–H groups in total. The van der Waals surface area contributed by atoms with Crippen LogP contribution in [0.2, 0.25) is 5.02 Å². The molecular formula is C16H16ClNO. The highest BCUT2D eigenvalue weighted by Crippen LogP contribution is 2.20. The number of rotatable bonds is 3. The Bertz CT molecular complexity index is 590. The Balaban J connectivity index is 2.13. The molecule has 0 unspecified atom stereocenters. The molecule has 0 bridgehead atoms. The van der Waals surface area contributed by atoms with Gasteiger partial charge < -0.3 is 5.32 Å². The van der Waals surface area contributed by atoms with Gasteiger partial charge in [-0.1, -0.05) is 36.7 Å². The average Bonchev–Trinajstić information content (AvgIpc) is 2.43. The molecule has 2 aromatic carbocycles. The molecule has 0 heterocycles. The van der Waals surface area contributed by atoms with E-state index in [9.17, 15) is 4.79 Å². The number of benzene rings is 2. The molecule has 0 saturated heterocycles. The van der Waals surface area contributed by atoms with Crippen LogP contribution in [0, 0.1) is 6.92 Å². The third-order valence-electron chi connectivity index (χ3n) is 3.05. The number of nitrogens with one attached hydrogen (secondary N) is 1. The van der Waals surface area contributed by atoms with E-state index in [1.165, 1.54) is 5.56 Å². The second kappa shape index (κ2) is 5.89. The van der Waals surface area contributed by atoms with Crippen LogP contribution in [0.25, 0.3) is 0 Å². The number of amides is 1. The van der Waals surface area contributed by atoms with E-state index in [4.69, 9.17) is 11.6 Å². The van der Waals surface area contributed by atoms with Gasteiger partial charge in [-0.3, -0.25) is 4.79 Å². The number of carbonyl (C=O) groups is 1. The first-order chi connectivity index (χ1) is 9.10. The third-order valence-corrected chi connectivity index (χ3v) is 3.46. The van der Waals surface area contributed by atoms with Crippen LogP contribution in [0.1, 0.15) is 28.4 Å². The molecule has 0 aliphatic heterocycles. The van der Waals surface area contributed by atoms with Gasteiger partial charge in [0.25, 0.3) is 5.91 Å². The quantitative estimate of drug-likeness (QED) is 0.879. The SMILES string of the molecule is CCc1ccc(C(=O)Nc2ccc(C)c(Cl)c2)cc1. The molecule has 0 radical (unpaired) electrons. The van der Waals surface area contributed by atoms with Gasteiger partial charge in [-0.15, -0.1) is 0 Å². The van der Waals surface area contributed by atoms with E-state index in [-0.39, 0.29) is 5.91 Å². The van der Waals surface area contributed by atoms with Crippen LogP contribution in [0.5, 0.6) is 0 Å². The first-order valence-electron chi connectivity index (χ1n) is 6.26. The number of carbonyl (C=O) groups excluding carboxylic acids is 1. The Kier molecular flexibility index (Phi) is 4.23. The summed E-state index contributed by atoms with van der Waals surface area (Å²) in [6.45, 7) is 4.01. The van der Waals surface area contributed by atoms with Crippen LogP contribution < -0.4 is 5.32 Å². The zero-order valence-electron chi connectivity index (χ0n) is 11.0. The van der Waals surface area contributed by atoms with E-state index in [2.05, 4.69) is 12.2 Å². The highest BCUT2D eigenvalue weighted by molar-refractivity contribution is 6.31. The maximum absolute atomic E-state index is 12.1. The van der Waals surface area contributed by atoms with Crippen molar-refractivity contribution in [3.05, 3.63) is 64.2 Å². The van der Waals surface area contributed by atoms with Crippen molar-refractivity contribution in [2.45, 2.75) is 20.3 Å². The molecule has 0 fully saturated rings. The van der Waals surface area contributed by atoms with E-state index in [0.29, 0.717) is 16.3 Å².